The van der Waals surface area contributed by atoms with Crippen molar-refractivity contribution in [2.45, 2.75) is 39.5 Å². The zero-order valence-electron chi connectivity index (χ0n) is 15.1. The highest BCUT2D eigenvalue weighted by atomic mass is 35.5. The Morgan fingerprint density at radius 3 is 2.75 bits per heavy atom. The van der Waals surface area contributed by atoms with Gasteiger partial charge in [-0.05, 0) is 62.7 Å². The fourth-order valence-corrected chi connectivity index (χ4v) is 3.38. The van der Waals surface area contributed by atoms with Crippen LogP contribution in [-0.2, 0) is 11.2 Å². The molecule has 4 nitrogen and oxygen atoms in total. The third kappa shape index (κ3) is 6.33. The van der Waals surface area contributed by atoms with E-state index in [1.165, 1.54) is 18.4 Å². The van der Waals surface area contributed by atoms with Crippen LogP contribution >= 0.6 is 12.4 Å². The smallest absolute Gasteiger partial charge is 0.220 e. The second-order valence-corrected chi connectivity index (χ2v) is 6.68. The summed E-state index contributed by atoms with van der Waals surface area (Å²) in [6.07, 6.45) is 3.82. The van der Waals surface area contributed by atoms with E-state index in [4.69, 9.17) is 4.74 Å². The molecule has 0 spiro atoms. The van der Waals surface area contributed by atoms with Crippen LogP contribution in [0, 0.1) is 18.8 Å². The number of ether oxygens (including phenoxy) is 1. The van der Waals surface area contributed by atoms with E-state index in [9.17, 15) is 4.79 Å². The quantitative estimate of drug-likeness (QED) is 0.791. The summed E-state index contributed by atoms with van der Waals surface area (Å²) in [5.41, 5.74) is 2.37. The number of amides is 1. The van der Waals surface area contributed by atoms with Crippen molar-refractivity contribution in [1.29, 1.82) is 0 Å². The lowest BCUT2D eigenvalue weighted by atomic mass is 9.84. The number of halogens is 1. The van der Waals surface area contributed by atoms with E-state index >= 15 is 0 Å². The molecule has 1 aliphatic rings. The summed E-state index contributed by atoms with van der Waals surface area (Å²) >= 11 is 0. The van der Waals surface area contributed by atoms with E-state index in [2.05, 4.69) is 30.5 Å². The molecule has 1 heterocycles. The molecule has 1 saturated heterocycles. The molecule has 2 N–H and O–H groups in total. The van der Waals surface area contributed by atoms with Gasteiger partial charge in [0.15, 0.2) is 0 Å². The minimum Gasteiger partial charge on any atom is -0.496 e. The predicted octanol–water partition coefficient (Wildman–Crippen LogP) is 3.11. The summed E-state index contributed by atoms with van der Waals surface area (Å²) in [5, 5.41) is 6.44. The van der Waals surface area contributed by atoms with Gasteiger partial charge in [0, 0.05) is 13.0 Å². The van der Waals surface area contributed by atoms with Crippen LogP contribution < -0.4 is 15.4 Å². The molecule has 0 radical (unpaired) electrons. The Bertz CT molecular complexity index is 516. The van der Waals surface area contributed by atoms with Crippen LogP contribution in [0.2, 0.25) is 0 Å². The molecule has 2 rings (SSSR count). The Kier molecular flexibility index (Phi) is 9.16. The molecule has 1 aliphatic heterocycles. The van der Waals surface area contributed by atoms with Crippen molar-refractivity contribution in [2.75, 3.05) is 26.7 Å². The molecule has 0 bridgehead atoms. The third-order valence-electron chi connectivity index (χ3n) is 4.85. The van der Waals surface area contributed by atoms with Gasteiger partial charge < -0.3 is 15.4 Å². The number of piperidine rings is 1. The Morgan fingerprint density at radius 1 is 1.38 bits per heavy atom. The second-order valence-electron chi connectivity index (χ2n) is 6.68. The molecule has 1 unspecified atom stereocenters. The first-order valence-corrected chi connectivity index (χ1v) is 8.71. The normalized spacial score (nSPS) is 16.1. The van der Waals surface area contributed by atoms with Gasteiger partial charge in [-0.2, -0.15) is 0 Å². The summed E-state index contributed by atoms with van der Waals surface area (Å²) < 4.78 is 5.38. The molecule has 0 aliphatic carbocycles. The molecule has 0 saturated carbocycles. The first kappa shape index (κ1) is 20.8. The Hall–Kier alpha value is -1.26. The van der Waals surface area contributed by atoms with Gasteiger partial charge in [-0.1, -0.05) is 24.6 Å². The minimum atomic E-state index is 0. The van der Waals surface area contributed by atoms with Gasteiger partial charge in [0.25, 0.3) is 0 Å². The van der Waals surface area contributed by atoms with Gasteiger partial charge in [0.1, 0.15) is 5.75 Å². The molecule has 1 atom stereocenters. The Balaban J connectivity index is 0.00000288. The molecule has 5 heteroatoms. The first-order valence-electron chi connectivity index (χ1n) is 8.71. The topological polar surface area (TPSA) is 50.4 Å². The van der Waals surface area contributed by atoms with Crippen molar-refractivity contribution in [1.82, 2.24) is 10.6 Å². The summed E-state index contributed by atoms with van der Waals surface area (Å²) in [7, 11) is 1.69. The Morgan fingerprint density at radius 2 is 2.08 bits per heavy atom. The van der Waals surface area contributed by atoms with Crippen molar-refractivity contribution in [3.8, 4) is 5.75 Å². The van der Waals surface area contributed by atoms with Gasteiger partial charge in [-0.3, -0.25) is 4.79 Å². The molecular formula is C19H31ClN2O2. The van der Waals surface area contributed by atoms with Crippen molar-refractivity contribution in [3.05, 3.63) is 29.3 Å². The van der Waals surface area contributed by atoms with Crippen LogP contribution in [0.1, 0.15) is 37.3 Å². The fourth-order valence-electron chi connectivity index (χ4n) is 3.38. The van der Waals surface area contributed by atoms with E-state index in [1.54, 1.807) is 7.11 Å². The van der Waals surface area contributed by atoms with E-state index < -0.39 is 0 Å². The largest absolute Gasteiger partial charge is 0.496 e. The highest BCUT2D eigenvalue weighted by Crippen LogP contribution is 2.24. The monoisotopic (exact) mass is 354 g/mol. The van der Waals surface area contributed by atoms with Crippen LogP contribution in [-0.4, -0.2) is 32.7 Å². The zero-order valence-corrected chi connectivity index (χ0v) is 15.9. The van der Waals surface area contributed by atoms with Crippen LogP contribution in [0.3, 0.4) is 0 Å². The lowest BCUT2D eigenvalue weighted by Gasteiger charge is -2.27. The van der Waals surface area contributed by atoms with E-state index in [1.807, 2.05) is 12.1 Å². The predicted molar refractivity (Wildman–Crippen MR) is 101 cm³/mol. The van der Waals surface area contributed by atoms with Crippen molar-refractivity contribution in [3.63, 3.8) is 0 Å². The maximum atomic E-state index is 12.1. The summed E-state index contributed by atoms with van der Waals surface area (Å²) in [5.74, 6) is 2.21. The van der Waals surface area contributed by atoms with Gasteiger partial charge in [0.05, 0.1) is 7.11 Å². The number of nitrogens with one attached hydrogen (secondary N) is 2. The maximum absolute atomic E-state index is 12.1. The number of hydrogen-bond acceptors (Lipinski definition) is 3. The maximum Gasteiger partial charge on any atom is 0.220 e. The van der Waals surface area contributed by atoms with Gasteiger partial charge in [0.2, 0.25) is 5.91 Å². The number of carbonyl (C=O) groups excluding carboxylic acids is 1. The second kappa shape index (κ2) is 10.6. The highest BCUT2D eigenvalue weighted by Gasteiger charge is 2.21. The number of rotatable bonds is 7. The summed E-state index contributed by atoms with van der Waals surface area (Å²) in [4.78, 5) is 12.1. The molecule has 0 aromatic heterocycles. The van der Waals surface area contributed by atoms with Gasteiger partial charge in [-0.15, -0.1) is 12.4 Å². The van der Waals surface area contributed by atoms with Crippen molar-refractivity contribution >= 4 is 18.3 Å². The number of hydrogen-bond donors (Lipinski definition) is 2. The zero-order chi connectivity index (χ0) is 16.7. The molecule has 1 aromatic carbocycles. The van der Waals surface area contributed by atoms with Crippen LogP contribution in [0.15, 0.2) is 18.2 Å². The highest BCUT2D eigenvalue weighted by molar-refractivity contribution is 5.85. The van der Waals surface area contributed by atoms with Crippen molar-refractivity contribution in [2.24, 2.45) is 11.8 Å². The number of aryl methyl sites for hydroxylation is 1. The molecule has 1 amide bonds. The van der Waals surface area contributed by atoms with E-state index in [0.717, 1.165) is 30.8 Å². The average molecular weight is 355 g/mol. The Labute approximate surface area is 152 Å². The lowest BCUT2D eigenvalue weighted by molar-refractivity contribution is -0.122. The SMILES string of the molecule is COc1ccc(C)cc1CCNC(=O)CC(C)C1CCNCC1.Cl. The van der Waals surface area contributed by atoms with E-state index in [0.29, 0.717) is 24.8 Å². The minimum absolute atomic E-state index is 0. The van der Waals surface area contributed by atoms with Gasteiger partial charge in [-0.25, -0.2) is 0 Å². The summed E-state index contributed by atoms with van der Waals surface area (Å²) in [6, 6.07) is 6.16. The van der Waals surface area contributed by atoms with Crippen LogP contribution in [0.25, 0.3) is 0 Å². The fraction of sp³-hybridized carbons (Fsp3) is 0.632. The third-order valence-corrected chi connectivity index (χ3v) is 4.85. The number of carbonyl (C=O) groups is 1. The lowest BCUT2D eigenvalue weighted by Crippen LogP contribution is -2.34. The molecule has 24 heavy (non-hydrogen) atoms. The molecular weight excluding hydrogens is 324 g/mol. The molecule has 1 aromatic rings. The molecule has 136 valence electrons. The number of benzene rings is 1. The van der Waals surface area contributed by atoms with Crippen molar-refractivity contribution < 1.29 is 9.53 Å². The standard InChI is InChI=1S/C19H30N2O2.ClH/c1-14-4-5-18(23-3)17(12-14)8-11-21-19(22)13-15(2)16-6-9-20-10-7-16;/h4-5,12,15-16,20H,6-11,13H2,1-3H3,(H,21,22);1H. The van der Waals surface area contributed by atoms with Gasteiger partial charge >= 0.3 is 0 Å². The molecule has 1 fully saturated rings. The van der Waals surface area contributed by atoms with Crippen LogP contribution in [0.5, 0.6) is 5.75 Å². The van der Waals surface area contributed by atoms with Crippen LogP contribution in [0.4, 0.5) is 0 Å². The first-order chi connectivity index (χ1) is 11.1. The summed E-state index contributed by atoms with van der Waals surface area (Å²) in [6.45, 7) is 7.12. The van der Waals surface area contributed by atoms with E-state index in [-0.39, 0.29) is 18.3 Å². The number of methoxy groups -OCH3 is 1. The average Bonchev–Trinajstić information content (AvgIpc) is 2.56.